The lowest BCUT2D eigenvalue weighted by Gasteiger charge is -2.22. The number of hydrogen-bond donors (Lipinski definition) is 1. The maximum Gasteiger partial charge on any atom is 0.183 e. The third-order valence-electron chi connectivity index (χ3n) is 3.28. The van der Waals surface area contributed by atoms with Gasteiger partial charge in [0.05, 0.1) is 18.7 Å². The van der Waals surface area contributed by atoms with Crippen LogP contribution in [0.2, 0.25) is 0 Å². The zero-order valence-corrected chi connectivity index (χ0v) is 12.8. The number of ketones is 1. The normalized spacial score (nSPS) is 12.6. The van der Waals surface area contributed by atoms with Crippen molar-refractivity contribution in [2.24, 2.45) is 5.92 Å². The van der Waals surface area contributed by atoms with Crippen molar-refractivity contribution in [3.63, 3.8) is 0 Å². The van der Waals surface area contributed by atoms with E-state index in [1.807, 2.05) is 32.9 Å². The number of benzene rings is 1. The maximum atomic E-state index is 12.7. The van der Waals surface area contributed by atoms with E-state index >= 15 is 0 Å². The molecule has 3 heteroatoms. The molecule has 0 aromatic heterocycles. The van der Waals surface area contributed by atoms with Crippen LogP contribution in [0.3, 0.4) is 0 Å². The summed E-state index contributed by atoms with van der Waals surface area (Å²) >= 11 is 0. The monoisotopic (exact) mass is 263 g/mol. The van der Waals surface area contributed by atoms with Gasteiger partial charge in [0.1, 0.15) is 5.75 Å². The highest BCUT2D eigenvalue weighted by molar-refractivity contribution is 6.03. The Balaban J connectivity index is 3.24. The molecule has 0 heterocycles. The van der Waals surface area contributed by atoms with E-state index in [1.165, 1.54) is 0 Å². The number of ether oxygens (including phenoxy) is 1. The summed E-state index contributed by atoms with van der Waals surface area (Å²) in [4.78, 5) is 12.7. The first kappa shape index (κ1) is 15.7. The molecule has 106 valence electrons. The molecule has 0 saturated carbocycles. The van der Waals surface area contributed by atoms with Crippen LogP contribution >= 0.6 is 0 Å². The number of Topliss-reactive ketones (excluding diaryl/α,β-unsaturated/α-hetero) is 1. The average molecular weight is 263 g/mol. The quantitative estimate of drug-likeness (QED) is 0.801. The second-order valence-electron chi connectivity index (χ2n) is 5.30. The molecule has 1 aromatic carbocycles. The number of aryl methyl sites for hydroxylation is 2. The lowest BCUT2D eigenvalue weighted by atomic mass is 9.91. The predicted octanol–water partition coefficient (Wildman–Crippen LogP) is 3.13. The highest BCUT2D eigenvalue weighted by Gasteiger charge is 2.26. The number of methoxy groups -OCH3 is 1. The zero-order valence-electron chi connectivity index (χ0n) is 12.8. The first-order valence-corrected chi connectivity index (χ1v) is 6.85. The molecule has 1 N–H and O–H groups in total. The average Bonchev–Trinajstić information content (AvgIpc) is 2.33. The lowest BCUT2D eigenvalue weighted by molar-refractivity contribution is 0.0914. The SMILES string of the molecule is CCNC(C(=O)c1c(C)cc(C)cc1OC)C(C)C. The molecule has 0 amide bonds. The molecule has 0 fully saturated rings. The van der Waals surface area contributed by atoms with Gasteiger partial charge in [0.2, 0.25) is 0 Å². The fourth-order valence-corrected chi connectivity index (χ4v) is 2.41. The van der Waals surface area contributed by atoms with Crippen molar-refractivity contribution in [3.8, 4) is 5.75 Å². The van der Waals surface area contributed by atoms with Gasteiger partial charge in [0, 0.05) is 0 Å². The van der Waals surface area contributed by atoms with Gasteiger partial charge in [-0.1, -0.05) is 26.8 Å². The van der Waals surface area contributed by atoms with Crippen LogP contribution in [0.4, 0.5) is 0 Å². The number of nitrogens with one attached hydrogen (secondary N) is 1. The largest absolute Gasteiger partial charge is 0.496 e. The molecule has 1 aromatic rings. The predicted molar refractivity (Wildman–Crippen MR) is 79.1 cm³/mol. The van der Waals surface area contributed by atoms with Gasteiger partial charge in [-0.25, -0.2) is 0 Å². The molecule has 0 radical (unpaired) electrons. The van der Waals surface area contributed by atoms with Crippen LogP contribution in [0, 0.1) is 19.8 Å². The molecular weight excluding hydrogens is 238 g/mol. The summed E-state index contributed by atoms with van der Waals surface area (Å²) in [5.74, 6) is 1.04. The number of hydrogen-bond acceptors (Lipinski definition) is 3. The van der Waals surface area contributed by atoms with Gasteiger partial charge >= 0.3 is 0 Å². The fraction of sp³-hybridized carbons (Fsp3) is 0.562. The fourth-order valence-electron chi connectivity index (χ4n) is 2.41. The molecule has 1 atom stereocenters. The molecule has 0 bridgehead atoms. The van der Waals surface area contributed by atoms with Crippen molar-refractivity contribution in [1.82, 2.24) is 5.32 Å². The number of carbonyl (C=O) groups is 1. The highest BCUT2D eigenvalue weighted by Crippen LogP contribution is 2.26. The molecule has 3 nitrogen and oxygen atoms in total. The topological polar surface area (TPSA) is 38.3 Å². The molecule has 19 heavy (non-hydrogen) atoms. The van der Waals surface area contributed by atoms with E-state index in [4.69, 9.17) is 4.74 Å². The third-order valence-corrected chi connectivity index (χ3v) is 3.28. The minimum absolute atomic E-state index is 0.117. The zero-order chi connectivity index (χ0) is 14.6. The second kappa shape index (κ2) is 6.71. The Bertz CT molecular complexity index is 452. The van der Waals surface area contributed by atoms with Gasteiger partial charge < -0.3 is 10.1 Å². The van der Waals surface area contributed by atoms with E-state index in [0.29, 0.717) is 11.3 Å². The number of carbonyl (C=O) groups excluding carboxylic acids is 1. The van der Waals surface area contributed by atoms with Crippen LogP contribution in [-0.2, 0) is 0 Å². The van der Waals surface area contributed by atoms with Crippen molar-refractivity contribution < 1.29 is 9.53 Å². The molecule has 0 aliphatic heterocycles. The van der Waals surface area contributed by atoms with E-state index < -0.39 is 0 Å². The smallest absolute Gasteiger partial charge is 0.183 e. The van der Waals surface area contributed by atoms with E-state index in [0.717, 1.165) is 17.7 Å². The highest BCUT2D eigenvalue weighted by atomic mass is 16.5. The van der Waals surface area contributed by atoms with Crippen LogP contribution in [-0.4, -0.2) is 25.5 Å². The van der Waals surface area contributed by atoms with Gasteiger partial charge in [-0.3, -0.25) is 4.79 Å². The van der Waals surface area contributed by atoms with Gasteiger partial charge in [0.25, 0.3) is 0 Å². The Morgan fingerprint density at radius 2 is 1.95 bits per heavy atom. The van der Waals surface area contributed by atoms with Crippen molar-refractivity contribution in [3.05, 3.63) is 28.8 Å². The van der Waals surface area contributed by atoms with Gasteiger partial charge in [0.15, 0.2) is 5.78 Å². The van der Waals surface area contributed by atoms with E-state index in [-0.39, 0.29) is 17.7 Å². The summed E-state index contributed by atoms with van der Waals surface area (Å²) < 4.78 is 5.39. The first-order valence-electron chi connectivity index (χ1n) is 6.85. The summed E-state index contributed by atoms with van der Waals surface area (Å²) in [6.45, 7) is 10.9. The maximum absolute atomic E-state index is 12.7. The summed E-state index contributed by atoms with van der Waals surface area (Å²) in [6.07, 6.45) is 0. The first-order chi connectivity index (χ1) is 8.92. The van der Waals surface area contributed by atoms with E-state index in [2.05, 4.69) is 19.2 Å². The molecule has 1 unspecified atom stereocenters. The van der Waals surface area contributed by atoms with E-state index in [1.54, 1.807) is 7.11 Å². The van der Waals surface area contributed by atoms with Crippen LogP contribution in [0.1, 0.15) is 42.3 Å². The van der Waals surface area contributed by atoms with Crippen LogP contribution in [0.25, 0.3) is 0 Å². The summed E-state index contributed by atoms with van der Waals surface area (Å²) in [5, 5.41) is 3.27. The van der Waals surface area contributed by atoms with E-state index in [9.17, 15) is 4.79 Å². The Hall–Kier alpha value is -1.35. The molecular formula is C16H25NO2. The molecule has 0 spiro atoms. The van der Waals surface area contributed by atoms with Gasteiger partial charge in [-0.05, 0) is 43.5 Å². The Labute approximate surface area is 116 Å². The Morgan fingerprint density at radius 3 is 2.42 bits per heavy atom. The number of likely N-dealkylation sites (N-methyl/N-ethyl adjacent to an activating group) is 1. The minimum atomic E-state index is -0.166. The molecule has 0 aliphatic rings. The summed E-state index contributed by atoms with van der Waals surface area (Å²) in [6, 6.07) is 3.78. The third kappa shape index (κ3) is 3.57. The molecule has 0 saturated heterocycles. The van der Waals surface area contributed by atoms with Crippen molar-refractivity contribution >= 4 is 5.78 Å². The van der Waals surface area contributed by atoms with Crippen LogP contribution in [0.15, 0.2) is 12.1 Å². The van der Waals surface area contributed by atoms with Gasteiger partial charge in [-0.2, -0.15) is 0 Å². The van der Waals surface area contributed by atoms with Crippen LogP contribution < -0.4 is 10.1 Å². The molecule has 0 aliphatic carbocycles. The lowest BCUT2D eigenvalue weighted by Crippen LogP contribution is -2.41. The Morgan fingerprint density at radius 1 is 1.32 bits per heavy atom. The van der Waals surface area contributed by atoms with Crippen molar-refractivity contribution in [1.29, 1.82) is 0 Å². The minimum Gasteiger partial charge on any atom is -0.496 e. The van der Waals surface area contributed by atoms with Crippen LogP contribution in [0.5, 0.6) is 5.75 Å². The van der Waals surface area contributed by atoms with Crippen molar-refractivity contribution in [2.75, 3.05) is 13.7 Å². The summed E-state index contributed by atoms with van der Waals surface area (Å²) in [7, 11) is 1.61. The molecule has 1 rings (SSSR count). The number of rotatable bonds is 6. The van der Waals surface area contributed by atoms with Crippen molar-refractivity contribution in [2.45, 2.75) is 40.7 Å². The standard InChI is InChI=1S/C16H25NO2/c1-7-17-15(10(2)3)16(18)14-12(5)8-11(4)9-13(14)19-6/h8-10,15,17H,7H2,1-6H3. The second-order valence-corrected chi connectivity index (χ2v) is 5.30. The van der Waals surface area contributed by atoms with Gasteiger partial charge in [-0.15, -0.1) is 0 Å². The summed E-state index contributed by atoms with van der Waals surface area (Å²) in [5.41, 5.74) is 2.79. The Kier molecular flexibility index (Phi) is 5.55.